The molecule has 0 aromatic carbocycles. The first-order valence-corrected chi connectivity index (χ1v) is 16.1. The first-order valence-electron chi connectivity index (χ1n) is 8.35. The van der Waals surface area contributed by atoms with E-state index in [1.165, 1.54) is 10.4 Å². The van der Waals surface area contributed by atoms with Crippen LogP contribution in [-0.4, -0.2) is 25.9 Å². The molecule has 0 aromatic heterocycles. The third-order valence-corrected chi connectivity index (χ3v) is 10.9. The van der Waals surface area contributed by atoms with Crippen molar-refractivity contribution in [3.8, 4) is 0 Å². The molecule has 0 heterocycles. The summed E-state index contributed by atoms with van der Waals surface area (Å²) in [4.78, 5) is -1.08. The van der Waals surface area contributed by atoms with Gasteiger partial charge in [-0.3, -0.25) is 0 Å². The van der Waals surface area contributed by atoms with Gasteiger partial charge in [0.25, 0.3) is 0 Å². The summed E-state index contributed by atoms with van der Waals surface area (Å²) in [5.41, 5.74) is -0.321. The summed E-state index contributed by atoms with van der Waals surface area (Å²) < 4.78 is 0. The zero-order chi connectivity index (χ0) is 17.9. The molecule has 0 spiro atoms. The number of hydrogen-bond acceptors (Lipinski definition) is 0. The van der Waals surface area contributed by atoms with Crippen LogP contribution in [0.25, 0.3) is 0 Å². The number of allylic oxidation sites excluding steroid dienone is 8. The second-order valence-corrected chi connectivity index (χ2v) is 20.9. The molecule has 0 N–H and O–H groups in total. The van der Waals surface area contributed by atoms with E-state index in [9.17, 15) is 0 Å². The fourth-order valence-electron chi connectivity index (χ4n) is 3.07. The van der Waals surface area contributed by atoms with Gasteiger partial charge in [0, 0.05) is 5.41 Å². The number of alkyl halides is 2. The van der Waals surface area contributed by atoms with Gasteiger partial charge in [-0.15, -0.1) is 23.2 Å². The van der Waals surface area contributed by atoms with Crippen molar-refractivity contribution in [1.29, 1.82) is 0 Å². The van der Waals surface area contributed by atoms with Crippen LogP contribution in [0.15, 0.2) is 46.8 Å². The summed E-state index contributed by atoms with van der Waals surface area (Å²) in [5, 5.41) is 2.83. The number of halogens is 2. The Hall–Kier alpha value is -0.0262. The molecule has 0 amide bonds. The van der Waals surface area contributed by atoms with Gasteiger partial charge < -0.3 is 0 Å². The van der Waals surface area contributed by atoms with Gasteiger partial charge in [-0.25, -0.2) is 0 Å². The molecule has 2 rings (SSSR count). The van der Waals surface area contributed by atoms with Crippen molar-refractivity contribution in [2.75, 3.05) is 0 Å². The molecule has 0 aromatic rings. The largest absolute Gasteiger partial charge is 0.109 e. The topological polar surface area (TPSA) is 0 Å². The van der Waals surface area contributed by atoms with E-state index in [4.69, 9.17) is 23.2 Å². The van der Waals surface area contributed by atoms with Crippen molar-refractivity contribution in [3.63, 3.8) is 0 Å². The average Bonchev–Trinajstić information content (AvgIpc) is 2.94. The van der Waals surface area contributed by atoms with Gasteiger partial charge in [0.2, 0.25) is 0 Å². The average molecular weight is 386 g/mol. The fourth-order valence-corrected chi connectivity index (χ4v) is 6.46. The zero-order valence-corrected chi connectivity index (χ0v) is 19.2. The summed E-state index contributed by atoms with van der Waals surface area (Å²) in [6.45, 7) is 18.5. The van der Waals surface area contributed by atoms with E-state index in [2.05, 4.69) is 89.6 Å². The van der Waals surface area contributed by atoms with Crippen molar-refractivity contribution < 1.29 is 0 Å². The highest BCUT2D eigenvalue weighted by atomic mass is 35.5. The van der Waals surface area contributed by atoms with E-state index in [-0.39, 0.29) is 5.41 Å². The Kier molecular flexibility index (Phi) is 4.60. The van der Waals surface area contributed by atoms with Crippen molar-refractivity contribution in [2.24, 2.45) is 5.41 Å². The van der Waals surface area contributed by atoms with Crippen LogP contribution in [0.3, 0.4) is 0 Å². The number of hydrogen-bond donors (Lipinski definition) is 0. The standard InChI is InChI=1S/C19H30Cl2Si2/c1-17(2,18(20)11-9-15(13-18)22(3,4)5)19(21)12-10-16(14-19)23(6,7)8/h9-14H,1-8H3. The first-order chi connectivity index (χ1) is 10.1. The van der Waals surface area contributed by atoms with E-state index in [0.717, 1.165) is 0 Å². The predicted octanol–water partition coefficient (Wildman–Crippen LogP) is 6.72. The quantitative estimate of drug-likeness (QED) is 0.372. The molecule has 0 bridgehead atoms. The summed E-state index contributed by atoms with van der Waals surface area (Å²) in [7, 11) is -2.76. The van der Waals surface area contributed by atoms with E-state index in [1.54, 1.807) is 0 Å². The number of rotatable bonds is 4. The highest BCUT2D eigenvalue weighted by Crippen LogP contribution is 2.56. The Balaban J connectivity index is 2.45. The summed E-state index contributed by atoms with van der Waals surface area (Å²) in [6.07, 6.45) is 13.3. The molecule has 0 radical (unpaired) electrons. The van der Waals surface area contributed by atoms with Gasteiger partial charge in [-0.05, 0) is 0 Å². The van der Waals surface area contributed by atoms with Gasteiger partial charge in [0.15, 0.2) is 0 Å². The molecule has 0 aliphatic heterocycles. The van der Waals surface area contributed by atoms with Crippen LogP contribution >= 0.6 is 23.2 Å². The van der Waals surface area contributed by atoms with Gasteiger partial charge >= 0.3 is 0 Å². The van der Waals surface area contributed by atoms with Crippen LogP contribution in [0, 0.1) is 5.41 Å². The minimum absolute atomic E-state index is 0.321. The van der Waals surface area contributed by atoms with Gasteiger partial charge in [0.1, 0.15) is 0 Å². The van der Waals surface area contributed by atoms with E-state index in [1.807, 2.05) is 0 Å². The van der Waals surface area contributed by atoms with Crippen LogP contribution in [0.4, 0.5) is 0 Å². The summed E-state index contributed by atoms with van der Waals surface area (Å²) in [6, 6.07) is 0. The lowest BCUT2D eigenvalue weighted by atomic mass is 9.69. The van der Waals surface area contributed by atoms with Crippen molar-refractivity contribution in [3.05, 3.63) is 46.8 Å². The first kappa shape index (κ1) is 19.3. The van der Waals surface area contributed by atoms with E-state index in [0.29, 0.717) is 0 Å². The molecule has 2 aliphatic carbocycles. The van der Waals surface area contributed by atoms with E-state index >= 15 is 0 Å². The molecule has 2 unspecified atom stereocenters. The van der Waals surface area contributed by atoms with Crippen molar-refractivity contribution in [1.82, 2.24) is 0 Å². The predicted molar refractivity (Wildman–Crippen MR) is 112 cm³/mol. The third kappa shape index (κ3) is 3.25. The highest BCUT2D eigenvalue weighted by Gasteiger charge is 2.55. The van der Waals surface area contributed by atoms with Crippen LogP contribution in [-0.2, 0) is 0 Å². The summed E-state index contributed by atoms with van der Waals surface area (Å²) >= 11 is 14.2. The van der Waals surface area contributed by atoms with Crippen LogP contribution in [0.5, 0.6) is 0 Å². The Morgan fingerprint density at radius 3 is 1.26 bits per heavy atom. The molecule has 128 valence electrons. The van der Waals surface area contributed by atoms with Crippen LogP contribution in [0.2, 0.25) is 39.3 Å². The van der Waals surface area contributed by atoms with Gasteiger partial charge in [-0.1, -0.05) is 100.0 Å². The molecule has 23 heavy (non-hydrogen) atoms. The molecule has 0 saturated heterocycles. The normalized spacial score (nSPS) is 31.6. The maximum atomic E-state index is 7.12. The van der Waals surface area contributed by atoms with Crippen molar-refractivity contribution in [2.45, 2.75) is 62.9 Å². The Labute approximate surface area is 154 Å². The Morgan fingerprint density at radius 1 is 0.739 bits per heavy atom. The molecule has 0 nitrogen and oxygen atoms in total. The minimum Gasteiger partial charge on any atom is -0.109 e. The van der Waals surface area contributed by atoms with Crippen LogP contribution in [0.1, 0.15) is 13.8 Å². The molecule has 0 fully saturated rings. The smallest absolute Gasteiger partial charge is 0.0884 e. The molecule has 0 saturated carbocycles. The minimum atomic E-state index is -1.38. The summed E-state index contributed by atoms with van der Waals surface area (Å²) in [5.74, 6) is 0. The van der Waals surface area contributed by atoms with E-state index < -0.39 is 25.9 Å². The molecule has 2 atom stereocenters. The monoisotopic (exact) mass is 384 g/mol. The molecule has 2 aliphatic rings. The molecular weight excluding hydrogens is 355 g/mol. The highest BCUT2D eigenvalue weighted by molar-refractivity contribution is 6.84. The van der Waals surface area contributed by atoms with Crippen molar-refractivity contribution >= 4 is 39.3 Å². The Morgan fingerprint density at radius 2 is 1.04 bits per heavy atom. The lowest BCUT2D eigenvalue weighted by molar-refractivity contribution is 0.292. The second-order valence-electron chi connectivity index (χ2n) is 9.53. The van der Waals surface area contributed by atoms with Gasteiger partial charge in [-0.2, -0.15) is 0 Å². The zero-order valence-electron chi connectivity index (χ0n) is 15.7. The maximum Gasteiger partial charge on any atom is 0.0884 e. The van der Waals surface area contributed by atoms with Gasteiger partial charge in [0.05, 0.1) is 25.9 Å². The lowest BCUT2D eigenvalue weighted by Gasteiger charge is -2.46. The molecule has 4 heteroatoms. The third-order valence-electron chi connectivity index (χ3n) is 5.39. The second kappa shape index (κ2) is 5.49. The van der Waals surface area contributed by atoms with Crippen LogP contribution < -0.4 is 0 Å². The lowest BCUT2D eigenvalue weighted by Crippen LogP contribution is -2.49. The fraction of sp³-hybridized carbons (Fsp3) is 0.579. The molecular formula is C19H30Cl2Si2. The Bertz CT molecular complexity index is 573. The SMILES string of the molecule is CC(C)(C1(Cl)C=CC([Si](C)(C)C)=C1)C1(Cl)C=CC([Si](C)(C)C)=C1. The maximum absolute atomic E-state index is 7.12.